The zero-order valence-electron chi connectivity index (χ0n) is 13.8. The zero-order valence-corrected chi connectivity index (χ0v) is 13.8. The minimum absolute atomic E-state index is 0.192. The van der Waals surface area contributed by atoms with Gasteiger partial charge in [-0.25, -0.2) is 9.97 Å². The van der Waals surface area contributed by atoms with Gasteiger partial charge in [0.25, 0.3) is 0 Å². The Morgan fingerprint density at radius 1 is 1.05 bits per heavy atom. The van der Waals surface area contributed by atoms with Crippen LogP contribution in [-0.4, -0.2) is 22.1 Å². The second-order valence-electron chi connectivity index (χ2n) is 6.47. The molecule has 0 saturated heterocycles. The lowest BCUT2D eigenvalue weighted by atomic mass is 9.83. The predicted molar refractivity (Wildman–Crippen MR) is 89.9 cm³/mol. The highest BCUT2D eigenvalue weighted by atomic mass is 15.1. The van der Waals surface area contributed by atoms with Gasteiger partial charge in [-0.15, -0.1) is 0 Å². The van der Waals surface area contributed by atoms with E-state index in [-0.39, 0.29) is 5.54 Å². The molecule has 1 aliphatic carbocycles. The van der Waals surface area contributed by atoms with E-state index < -0.39 is 0 Å². The molecule has 0 spiro atoms. The SMILES string of the molecule is CCCNc1ncnc(NC2(C)CCCCC2)c1CCC. The van der Waals surface area contributed by atoms with Crippen molar-refractivity contribution < 1.29 is 0 Å². The van der Waals surface area contributed by atoms with E-state index in [1.54, 1.807) is 6.33 Å². The van der Waals surface area contributed by atoms with Gasteiger partial charge < -0.3 is 10.6 Å². The van der Waals surface area contributed by atoms with Gasteiger partial charge in [-0.05, 0) is 32.6 Å². The summed E-state index contributed by atoms with van der Waals surface area (Å²) in [5.74, 6) is 2.05. The van der Waals surface area contributed by atoms with E-state index >= 15 is 0 Å². The summed E-state index contributed by atoms with van der Waals surface area (Å²) in [4.78, 5) is 8.99. The summed E-state index contributed by atoms with van der Waals surface area (Å²) in [5.41, 5.74) is 1.44. The van der Waals surface area contributed by atoms with Gasteiger partial charge in [0.1, 0.15) is 18.0 Å². The fourth-order valence-electron chi connectivity index (χ4n) is 3.15. The molecule has 2 rings (SSSR count). The van der Waals surface area contributed by atoms with Gasteiger partial charge in [0.15, 0.2) is 0 Å². The Balaban J connectivity index is 2.20. The molecule has 1 aromatic heterocycles. The lowest BCUT2D eigenvalue weighted by Gasteiger charge is -2.35. The normalized spacial score (nSPS) is 17.5. The first-order chi connectivity index (χ1) is 10.2. The Hall–Kier alpha value is -1.32. The van der Waals surface area contributed by atoms with Crippen LogP contribution in [0, 0.1) is 0 Å². The van der Waals surface area contributed by atoms with Crippen LogP contribution in [0.2, 0.25) is 0 Å². The minimum atomic E-state index is 0.192. The first kappa shape index (κ1) is 16.1. The monoisotopic (exact) mass is 290 g/mol. The van der Waals surface area contributed by atoms with Crippen molar-refractivity contribution in [3.8, 4) is 0 Å². The molecule has 0 atom stereocenters. The topological polar surface area (TPSA) is 49.8 Å². The molecule has 0 radical (unpaired) electrons. The molecule has 0 bridgehead atoms. The maximum absolute atomic E-state index is 4.54. The summed E-state index contributed by atoms with van der Waals surface area (Å²) in [7, 11) is 0. The van der Waals surface area contributed by atoms with Crippen molar-refractivity contribution in [3.05, 3.63) is 11.9 Å². The molecule has 2 N–H and O–H groups in total. The Labute approximate surface area is 129 Å². The van der Waals surface area contributed by atoms with Crippen molar-refractivity contribution in [1.29, 1.82) is 0 Å². The van der Waals surface area contributed by atoms with Gasteiger partial charge in [-0.1, -0.05) is 39.5 Å². The average molecular weight is 290 g/mol. The number of anilines is 2. The smallest absolute Gasteiger partial charge is 0.135 e. The van der Waals surface area contributed by atoms with Crippen LogP contribution in [0.1, 0.15) is 71.3 Å². The molecule has 0 aliphatic heterocycles. The first-order valence-corrected chi connectivity index (χ1v) is 8.54. The maximum Gasteiger partial charge on any atom is 0.135 e. The summed E-state index contributed by atoms with van der Waals surface area (Å²) in [6.45, 7) is 7.69. The third-order valence-corrected chi connectivity index (χ3v) is 4.37. The van der Waals surface area contributed by atoms with E-state index in [4.69, 9.17) is 0 Å². The van der Waals surface area contributed by atoms with E-state index in [9.17, 15) is 0 Å². The Morgan fingerprint density at radius 2 is 1.76 bits per heavy atom. The number of aromatic nitrogens is 2. The molecule has 1 fully saturated rings. The van der Waals surface area contributed by atoms with E-state index in [2.05, 4.69) is 41.4 Å². The molecule has 0 unspecified atom stereocenters. The fourth-order valence-corrected chi connectivity index (χ4v) is 3.15. The predicted octanol–water partition coefficient (Wildman–Crippen LogP) is 4.39. The summed E-state index contributed by atoms with van der Waals surface area (Å²) in [6.07, 6.45) is 11.4. The van der Waals surface area contributed by atoms with Crippen LogP contribution in [0.4, 0.5) is 11.6 Å². The highest BCUT2D eigenvalue weighted by molar-refractivity contribution is 5.58. The van der Waals surface area contributed by atoms with Gasteiger partial charge in [-0.2, -0.15) is 0 Å². The van der Waals surface area contributed by atoms with Crippen LogP contribution in [0.15, 0.2) is 6.33 Å². The highest BCUT2D eigenvalue weighted by Gasteiger charge is 2.28. The molecule has 1 heterocycles. The molecule has 4 nitrogen and oxygen atoms in total. The molecule has 1 saturated carbocycles. The van der Waals surface area contributed by atoms with Gasteiger partial charge in [0.05, 0.1) is 0 Å². The third kappa shape index (κ3) is 4.32. The molecule has 0 aromatic carbocycles. The number of rotatable bonds is 7. The molecule has 1 aliphatic rings. The van der Waals surface area contributed by atoms with Crippen LogP contribution in [0.25, 0.3) is 0 Å². The number of hydrogen-bond donors (Lipinski definition) is 2. The van der Waals surface area contributed by atoms with Crippen molar-refractivity contribution in [3.63, 3.8) is 0 Å². The second kappa shape index (κ2) is 7.62. The summed E-state index contributed by atoms with van der Waals surface area (Å²) < 4.78 is 0. The van der Waals surface area contributed by atoms with Crippen LogP contribution in [0.3, 0.4) is 0 Å². The quantitative estimate of drug-likeness (QED) is 0.782. The van der Waals surface area contributed by atoms with Gasteiger partial charge in [0.2, 0.25) is 0 Å². The Kier molecular flexibility index (Phi) is 5.83. The molecule has 21 heavy (non-hydrogen) atoms. The van der Waals surface area contributed by atoms with Gasteiger partial charge in [0, 0.05) is 17.6 Å². The zero-order chi connectivity index (χ0) is 15.1. The number of nitrogens with zero attached hydrogens (tertiary/aromatic N) is 2. The van der Waals surface area contributed by atoms with Crippen molar-refractivity contribution in [2.24, 2.45) is 0 Å². The Bertz CT molecular complexity index is 438. The number of nitrogens with one attached hydrogen (secondary N) is 2. The van der Waals surface area contributed by atoms with Crippen molar-refractivity contribution in [1.82, 2.24) is 9.97 Å². The standard InChI is InChI=1S/C17H30N4/c1-4-9-14-15(18-12-5-2)19-13-20-16(14)21-17(3)10-7-6-8-11-17/h13H,4-12H2,1-3H3,(H2,18,19,20,21). The first-order valence-electron chi connectivity index (χ1n) is 8.54. The largest absolute Gasteiger partial charge is 0.370 e. The minimum Gasteiger partial charge on any atom is -0.370 e. The molecular formula is C17H30N4. The maximum atomic E-state index is 4.54. The van der Waals surface area contributed by atoms with E-state index in [1.807, 2.05) is 0 Å². The van der Waals surface area contributed by atoms with Crippen molar-refractivity contribution >= 4 is 11.6 Å². The van der Waals surface area contributed by atoms with E-state index in [0.29, 0.717) is 0 Å². The van der Waals surface area contributed by atoms with Crippen molar-refractivity contribution in [2.45, 2.75) is 77.7 Å². The molecule has 118 valence electrons. The summed E-state index contributed by atoms with van der Waals surface area (Å²) in [6, 6.07) is 0. The van der Waals surface area contributed by atoms with Crippen LogP contribution < -0.4 is 10.6 Å². The summed E-state index contributed by atoms with van der Waals surface area (Å²) >= 11 is 0. The molecule has 1 aromatic rings. The van der Waals surface area contributed by atoms with Crippen LogP contribution in [0.5, 0.6) is 0 Å². The van der Waals surface area contributed by atoms with E-state index in [0.717, 1.165) is 37.4 Å². The van der Waals surface area contributed by atoms with Crippen LogP contribution >= 0.6 is 0 Å². The highest BCUT2D eigenvalue weighted by Crippen LogP contribution is 2.33. The molecule has 0 amide bonds. The number of hydrogen-bond acceptors (Lipinski definition) is 4. The fraction of sp³-hybridized carbons (Fsp3) is 0.765. The average Bonchev–Trinajstić information content (AvgIpc) is 2.48. The molecule has 4 heteroatoms. The molecular weight excluding hydrogens is 260 g/mol. The Morgan fingerprint density at radius 3 is 2.43 bits per heavy atom. The van der Waals surface area contributed by atoms with Gasteiger partial charge in [-0.3, -0.25) is 0 Å². The third-order valence-electron chi connectivity index (χ3n) is 4.37. The van der Waals surface area contributed by atoms with Crippen LogP contribution in [-0.2, 0) is 6.42 Å². The lowest BCUT2D eigenvalue weighted by molar-refractivity contribution is 0.348. The van der Waals surface area contributed by atoms with Gasteiger partial charge >= 0.3 is 0 Å². The van der Waals surface area contributed by atoms with Crippen molar-refractivity contribution in [2.75, 3.05) is 17.2 Å². The second-order valence-corrected chi connectivity index (χ2v) is 6.47. The lowest BCUT2D eigenvalue weighted by Crippen LogP contribution is -2.37. The summed E-state index contributed by atoms with van der Waals surface area (Å²) in [5, 5.41) is 7.18. The van der Waals surface area contributed by atoms with E-state index in [1.165, 1.54) is 37.7 Å².